The number of benzene rings is 1. The summed E-state index contributed by atoms with van der Waals surface area (Å²) >= 11 is 3.38. The first-order chi connectivity index (χ1) is 7.19. The number of halogens is 1. The van der Waals surface area contributed by atoms with E-state index in [-0.39, 0.29) is 5.78 Å². The van der Waals surface area contributed by atoms with Crippen molar-refractivity contribution in [1.29, 1.82) is 0 Å². The standard InChI is InChI=1S/C12H15BrO2/c1-3-5-11(14)12(15-2)9-6-4-7-10(13)8-9/h4,6-8,12H,3,5H2,1-2H3. The average Bonchev–Trinajstić information content (AvgIpc) is 2.19. The minimum absolute atomic E-state index is 0.137. The second kappa shape index (κ2) is 6.03. The molecule has 0 radical (unpaired) electrons. The molecule has 0 aliphatic heterocycles. The number of hydrogen-bond donors (Lipinski definition) is 0. The fraction of sp³-hybridized carbons (Fsp3) is 0.417. The number of Topliss-reactive ketones (excluding diaryl/α,β-unsaturated/α-hetero) is 1. The Bertz CT molecular complexity index is 336. The maximum atomic E-state index is 11.7. The molecule has 0 saturated heterocycles. The van der Waals surface area contributed by atoms with Crippen molar-refractivity contribution in [1.82, 2.24) is 0 Å². The Morgan fingerprint density at radius 1 is 1.53 bits per heavy atom. The number of ether oxygens (including phenoxy) is 1. The first-order valence-electron chi connectivity index (χ1n) is 5.00. The van der Waals surface area contributed by atoms with Crippen LogP contribution in [0.1, 0.15) is 31.4 Å². The van der Waals surface area contributed by atoms with Crippen LogP contribution in [0.3, 0.4) is 0 Å². The van der Waals surface area contributed by atoms with Crippen molar-refractivity contribution < 1.29 is 9.53 Å². The van der Waals surface area contributed by atoms with Gasteiger partial charge in [-0.05, 0) is 24.1 Å². The fourth-order valence-electron chi connectivity index (χ4n) is 1.50. The van der Waals surface area contributed by atoms with Crippen molar-refractivity contribution in [3.8, 4) is 0 Å². The number of methoxy groups -OCH3 is 1. The molecular formula is C12H15BrO2. The lowest BCUT2D eigenvalue weighted by atomic mass is 10.0. The molecule has 0 heterocycles. The van der Waals surface area contributed by atoms with E-state index in [1.807, 2.05) is 31.2 Å². The lowest BCUT2D eigenvalue weighted by Crippen LogP contribution is -2.14. The minimum Gasteiger partial charge on any atom is -0.369 e. The summed E-state index contributed by atoms with van der Waals surface area (Å²) < 4.78 is 6.20. The van der Waals surface area contributed by atoms with Gasteiger partial charge in [0.25, 0.3) is 0 Å². The van der Waals surface area contributed by atoms with Crippen LogP contribution >= 0.6 is 15.9 Å². The second-order valence-electron chi connectivity index (χ2n) is 3.39. The zero-order valence-corrected chi connectivity index (χ0v) is 10.6. The van der Waals surface area contributed by atoms with Crippen LogP contribution in [0.15, 0.2) is 28.7 Å². The van der Waals surface area contributed by atoms with Gasteiger partial charge in [0, 0.05) is 18.0 Å². The molecule has 82 valence electrons. The molecule has 1 rings (SSSR count). The van der Waals surface area contributed by atoms with Crippen molar-refractivity contribution in [2.45, 2.75) is 25.9 Å². The smallest absolute Gasteiger partial charge is 0.166 e. The zero-order valence-electron chi connectivity index (χ0n) is 9.00. The molecule has 15 heavy (non-hydrogen) atoms. The van der Waals surface area contributed by atoms with E-state index in [1.54, 1.807) is 7.11 Å². The Morgan fingerprint density at radius 3 is 2.80 bits per heavy atom. The van der Waals surface area contributed by atoms with Crippen LogP contribution in [-0.4, -0.2) is 12.9 Å². The molecule has 0 N–H and O–H groups in total. The minimum atomic E-state index is -0.428. The van der Waals surface area contributed by atoms with Crippen LogP contribution < -0.4 is 0 Å². The molecule has 0 fully saturated rings. The number of rotatable bonds is 5. The predicted molar refractivity (Wildman–Crippen MR) is 63.8 cm³/mol. The lowest BCUT2D eigenvalue weighted by molar-refractivity contribution is -0.129. The van der Waals surface area contributed by atoms with Gasteiger partial charge in [0.2, 0.25) is 0 Å². The van der Waals surface area contributed by atoms with E-state index in [9.17, 15) is 4.79 Å². The summed E-state index contributed by atoms with van der Waals surface area (Å²) in [7, 11) is 1.57. The molecule has 1 atom stereocenters. The molecule has 0 aliphatic carbocycles. The number of ketones is 1. The summed E-state index contributed by atoms with van der Waals surface area (Å²) in [6, 6.07) is 7.67. The normalized spacial score (nSPS) is 12.5. The number of carbonyl (C=O) groups excluding carboxylic acids is 1. The molecule has 0 amide bonds. The number of carbonyl (C=O) groups is 1. The van der Waals surface area contributed by atoms with Gasteiger partial charge in [-0.1, -0.05) is 35.0 Å². The zero-order chi connectivity index (χ0) is 11.3. The number of hydrogen-bond acceptors (Lipinski definition) is 2. The molecule has 0 bridgehead atoms. The van der Waals surface area contributed by atoms with E-state index < -0.39 is 6.10 Å². The van der Waals surface area contributed by atoms with Gasteiger partial charge in [-0.15, -0.1) is 0 Å². The van der Waals surface area contributed by atoms with Crippen LogP contribution in [0.4, 0.5) is 0 Å². The summed E-state index contributed by atoms with van der Waals surface area (Å²) in [6.07, 6.45) is 0.986. The predicted octanol–water partition coefficient (Wildman–Crippen LogP) is 3.51. The van der Waals surface area contributed by atoms with Crippen molar-refractivity contribution in [3.05, 3.63) is 34.3 Å². The van der Waals surface area contributed by atoms with E-state index in [4.69, 9.17) is 4.74 Å². The Balaban J connectivity index is 2.87. The van der Waals surface area contributed by atoms with Gasteiger partial charge < -0.3 is 4.74 Å². The molecule has 1 aromatic rings. The van der Waals surface area contributed by atoms with Crippen LogP contribution in [0.2, 0.25) is 0 Å². The molecular weight excluding hydrogens is 256 g/mol. The Kier molecular flexibility index (Phi) is 4.99. The second-order valence-corrected chi connectivity index (χ2v) is 4.30. The lowest BCUT2D eigenvalue weighted by Gasteiger charge is -2.14. The van der Waals surface area contributed by atoms with E-state index in [0.29, 0.717) is 6.42 Å². The molecule has 0 saturated carbocycles. The largest absolute Gasteiger partial charge is 0.369 e. The van der Waals surface area contributed by atoms with Crippen LogP contribution in [0.25, 0.3) is 0 Å². The van der Waals surface area contributed by atoms with Gasteiger partial charge in [-0.2, -0.15) is 0 Å². The van der Waals surface area contributed by atoms with Gasteiger partial charge in [0.15, 0.2) is 5.78 Å². The molecule has 3 heteroatoms. The van der Waals surface area contributed by atoms with Gasteiger partial charge in [0.05, 0.1) is 0 Å². The highest BCUT2D eigenvalue weighted by Gasteiger charge is 2.18. The van der Waals surface area contributed by atoms with E-state index >= 15 is 0 Å². The average molecular weight is 271 g/mol. The highest BCUT2D eigenvalue weighted by Crippen LogP contribution is 2.22. The summed E-state index contributed by atoms with van der Waals surface area (Å²) in [4.78, 5) is 11.7. The van der Waals surface area contributed by atoms with Gasteiger partial charge in [-0.25, -0.2) is 0 Å². The monoisotopic (exact) mass is 270 g/mol. The Morgan fingerprint density at radius 2 is 2.27 bits per heavy atom. The third-order valence-electron chi connectivity index (χ3n) is 2.18. The van der Waals surface area contributed by atoms with Crippen LogP contribution in [-0.2, 0) is 9.53 Å². The SMILES string of the molecule is CCCC(=O)C(OC)c1cccc(Br)c1. The summed E-state index contributed by atoms with van der Waals surface area (Å²) in [5.41, 5.74) is 0.908. The van der Waals surface area contributed by atoms with Crippen LogP contribution in [0, 0.1) is 0 Å². The highest BCUT2D eigenvalue weighted by atomic mass is 79.9. The maximum absolute atomic E-state index is 11.7. The van der Waals surface area contributed by atoms with Gasteiger partial charge >= 0.3 is 0 Å². The Labute approximate surface area is 98.8 Å². The van der Waals surface area contributed by atoms with E-state index in [0.717, 1.165) is 16.5 Å². The molecule has 0 spiro atoms. The summed E-state index contributed by atoms with van der Waals surface area (Å²) in [5, 5.41) is 0. The first kappa shape index (κ1) is 12.4. The first-order valence-corrected chi connectivity index (χ1v) is 5.79. The third kappa shape index (κ3) is 3.43. The molecule has 0 aromatic heterocycles. The van der Waals surface area contributed by atoms with Crippen molar-refractivity contribution >= 4 is 21.7 Å². The van der Waals surface area contributed by atoms with E-state index in [1.165, 1.54) is 0 Å². The quantitative estimate of drug-likeness (QED) is 0.819. The van der Waals surface area contributed by atoms with Gasteiger partial charge in [0.1, 0.15) is 6.10 Å². The van der Waals surface area contributed by atoms with Crippen molar-refractivity contribution in [2.24, 2.45) is 0 Å². The van der Waals surface area contributed by atoms with Crippen molar-refractivity contribution in [2.75, 3.05) is 7.11 Å². The summed E-state index contributed by atoms with van der Waals surface area (Å²) in [6.45, 7) is 1.99. The highest BCUT2D eigenvalue weighted by molar-refractivity contribution is 9.10. The molecule has 0 aliphatic rings. The fourth-order valence-corrected chi connectivity index (χ4v) is 1.92. The van der Waals surface area contributed by atoms with Crippen LogP contribution in [0.5, 0.6) is 0 Å². The molecule has 1 aromatic carbocycles. The topological polar surface area (TPSA) is 26.3 Å². The maximum Gasteiger partial charge on any atom is 0.166 e. The van der Waals surface area contributed by atoms with E-state index in [2.05, 4.69) is 15.9 Å². The molecule has 1 unspecified atom stereocenters. The third-order valence-corrected chi connectivity index (χ3v) is 2.67. The Hall–Kier alpha value is -0.670. The van der Waals surface area contributed by atoms with Gasteiger partial charge in [-0.3, -0.25) is 4.79 Å². The molecule has 2 nitrogen and oxygen atoms in total. The summed E-state index contributed by atoms with van der Waals surface area (Å²) in [5.74, 6) is 0.137. The van der Waals surface area contributed by atoms with Crippen molar-refractivity contribution in [3.63, 3.8) is 0 Å².